The summed E-state index contributed by atoms with van der Waals surface area (Å²) in [6.45, 7) is 3.92. The predicted octanol–water partition coefficient (Wildman–Crippen LogP) is 3.48. The van der Waals surface area contributed by atoms with Gasteiger partial charge in [-0.2, -0.15) is 0 Å². The number of benzene rings is 2. The first-order valence-corrected chi connectivity index (χ1v) is 8.80. The van der Waals surface area contributed by atoms with Gasteiger partial charge in [0.1, 0.15) is 0 Å². The van der Waals surface area contributed by atoms with Gasteiger partial charge in [0.15, 0.2) is 0 Å². The van der Waals surface area contributed by atoms with Crippen LogP contribution in [-0.4, -0.2) is 36.5 Å². The van der Waals surface area contributed by atoms with E-state index in [0.29, 0.717) is 35.9 Å². The number of aryl methyl sites for hydroxylation is 1. The van der Waals surface area contributed by atoms with Crippen LogP contribution in [-0.2, 0) is 0 Å². The van der Waals surface area contributed by atoms with Crippen LogP contribution in [0.4, 0.5) is 16.2 Å². The lowest BCUT2D eigenvalue weighted by Crippen LogP contribution is -2.30. The highest BCUT2D eigenvalue weighted by Crippen LogP contribution is 2.22. The molecule has 0 aliphatic carbocycles. The van der Waals surface area contributed by atoms with Crippen molar-refractivity contribution in [3.63, 3.8) is 0 Å². The minimum absolute atomic E-state index is 0. The van der Waals surface area contributed by atoms with Crippen LogP contribution in [0.2, 0.25) is 0 Å². The molecule has 6 nitrogen and oxygen atoms in total. The molecule has 1 aliphatic heterocycles. The van der Waals surface area contributed by atoms with Crippen molar-refractivity contribution in [2.75, 3.05) is 30.3 Å². The van der Waals surface area contributed by atoms with E-state index < -0.39 is 0 Å². The number of nitrogens with one attached hydrogen (secondary N) is 2. The van der Waals surface area contributed by atoms with Crippen molar-refractivity contribution in [3.8, 4) is 0 Å². The highest BCUT2D eigenvalue weighted by Gasteiger charge is 2.26. The highest BCUT2D eigenvalue weighted by molar-refractivity contribution is 6.02. The minimum atomic E-state index is -0.340. The van der Waals surface area contributed by atoms with Crippen LogP contribution in [0.25, 0.3) is 0 Å². The van der Waals surface area contributed by atoms with Gasteiger partial charge in [0.2, 0.25) is 0 Å². The summed E-state index contributed by atoms with van der Waals surface area (Å²) in [5.74, 6) is 0.353. The van der Waals surface area contributed by atoms with Gasteiger partial charge in [-0.3, -0.25) is 4.79 Å². The van der Waals surface area contributed by atoms with Gasteiger partial charge in [0.25, 0.3) is 5.91 Å². The molecule has 1 aliphatic rings. The fourth-order valence-electron chi connectivity index (χ4n) is 3.09. The molecule has 1 atom stereocenters. The molecular formula is C20H25ClN4O2. The molecule has 1 saturated heterocycles. The van der Waals surface area contributed by atoms with Crippen molar-refractivity contribution in [3.05, 3.63) is 59.7 Å². The first kappa shape index (κ1) is 20.7. The van der Waals surface area contributed by atoms with E-state index in [-0.39, 0.29) is 24.3 Å². The number of nitrogens with zero attached hydrogens (tertiary/aromatic N) is 1. The number of rotatable bonds is 4. The van der Waals surface area contributed by atoms with Gasteiger partial charge in [-0.1, -0.05) is 24.3 Å². The third-order valence-electron chi connectivity index (χ3n) is 4.67. The molecule has 1 fully saturated rings. The van der Waals surface area contributed by atoms with Crippen LogP contribution in [0.5, 0.6) is 0 Å². The Bertz CT molecular complexity index is 798. The molecule has 4 N–H and O–H groups in total. The monoisotopic (exact) mass is 388 g/mol. The van der Waals surface area contributed by atoms with Gasteiger partial charge in [-0.25, -0.2) is 4.79 Å². The van der Waals surface area contributed by atoms with Crippen molar-refractivity contribution in [2.45, 2.75) is 13.3 Å². The number of amides is 3. The third-order valence-corrected chi connectivity index (χ3v) is 4.67. The maximum Gasteiger partial charge on any atom is 0.323 e. The topological polar surface area (TPSA) is 87.5 Å². The summed E-state index contributed by atoms with van der Waals surface area (Å²) in [6.07, 6.45) is 0.943. The smallest absolute Gasteiger partial charge is 0.323 e. The Morgan fingerprint density at radius 3 is 2.56 bits per heavy atom. The maximum atomic E-state index is 12.7. The standard InChI is InChI=1S/C20H24N4O2.ClH/c1-14-7-8-16(19(25)24-10-9-15(12-21)13-24)11-18(14)23-20(26)22-17-5-3-2-4-6-17;/h2-8,11,15H,9-10,12-13,21H2,1H3,(H2,22,23,26);1H. The summed E-state index contributed by atoms with van der Waals surface area (Å²) in [5, 5.41) is 5.60. The molecular weight excluding hydrogens is 364 g/mol. The molecule has 27 heavy (non-hydrogen) atoms. The van der Waals surface area contributed by atoms with Crippen LogP contribution in [0.1, 0.15) is 22.3 Å². The van der Waals surface area contributed by atoms with Crippen molar-refractivity contribution in [2.24, 2.45) is 11.7 Å². The number of carbonyl (C=O) groups is 2. The lowest BCUT2D eigenvalue weighted by molar-refractivity contribution is 0.0787. The van der Waals surface area contributed by atoms with Crippen LogP contribution < -0.4 is 16.4 Å². The van der Waals surface area contributed by atoms with E-state index in [1.807, 2.05) is 48.2 Å². The zero-order chi connectivity index (χ0) is 18.5. The predicted molar refractivity (Wildman–Crippen MR) is 111 cm³/mol. The quantitative estimate of drug-likeness (QED) is 0.749. The number of para-hydroxylation sites is 1. The Kier molecular flexibility index (Phi) is 7.21. The number of likely N-dealkylation sites (tertiary alicyclic amines) is 1. The second-order valence-electron chi connectivity index (χ2n) is 6.62. The Morgan fingerprint density at radius 2 is 1.89 bits per heavy atom. The van der Waals surface area contributed by atoms with Gasteiger partial charge >= 0.3 is 6.03 Å². The normalized spacial score (nSPS) is 15.8. The van der Waals surface area contributed by atoms with Crippen molar-refractivity contribution < 1.29 is 9.59 Å². The summed E-state index contributed by atoms with van der Waals surface area (Å²) >= 11 is 0. The lowest BCUT2D eigenvalue weighted by Gasteiger charge is -2.18. The lowest BCUT2D eigenvalue weighted by atomic mass is 10.1. The Morgan fingerprint density at radius 1 is 1.15 bits per heavy atom. The molecule has 1 unspecified atom stereocenters. The van der Waals surface area contributed by atoms with Crippen LogP contribution in [0.3, 0.4) is 0 Å². The molecule has 0 aromatic heterocycles. The molecule has 0 bridgehead atoms. The van der Waals surface area contributed by atoms with Gasteiger partial charge in [0.05, 0.1) is 0 Å². The Hall–Kier alpha value is -2.57. The third kappa shape index (κ3) is 5.21. The summed E-state index contributed by atoms with van der Waals surface area (Å²) in [6, 6.07) is 14.3. The van der Waals surface area contributed by atoms with E-state index in [0.717, 1.165) is 18.5 Å². The fraction of sp³-hybridized carbons (Fsp3) is 0.300. The Labute approximate surface area is 165 Å². The zero-order valence-corrected chi connectivity index (χ0v) is 16.1. The van der Waals surface area contributed by atoms with E-state index in [1.54, 1.807) is 12.1 Å². The number of carbonyl (C=O) groups excluding carboxylic acids is 2. The first-order chi connectivity index (χ1) is 12.6. The van der Waals surface area contributed by atoms with Gasteiger partial charge in [-0.15, -0.1) is 12.4 Å². The maximum absolute atomic E-state index is 12.7. The van der Waals surface area contributed by atoms with E-state index in [9.17, 15) is 9.59 Å². The van der Waals surface area contributed by atoms with Gasteiger partial charge in [0, 0.05) is 30.0 Å². The number of hydrogen-bond acceptors (Lipinski definition) is 3. The second kappa shape index (κ2) is 9.39. The van der Waals surface area contributed by atoms with E-state index in [4.69, 9.17) is 5.73 Å². The molecule has 144 valence electrons. The van der Waals surface area contributed by atoms with Crippen LogP contribution in [0.15, 0.2) is 48.5 Å². The number of urea groups is 1. The van der Waals surface area contributed by atoms with E-state index >= 15 is 0 Å². The molecule has 2 aromatic rings. The molecule has 3 amide bonds. The number of nitrogens with two attached hydrogens (primary N) is 1. The van der Waals surface area contributed by atoms with Crippen molar-refractivity contribution >= 4 is 35.7 Å². The molecule has 0 saturated carbocycles. The van der Waals surface area contributed by atoms with Crippen molar-refractivity contribution in [1.29, 1.82) is 0 Å². The Balaban J connectivity index is 0.00000261. The minimum Gasteiger partial charge on any atom is -0.338 e. The summed E-state index contributed by atoms with van der Waals surface area (Å²) in [7, 11) is 0. The summed E-state index contributed by atoms with van der Waals surface area (Å²) in [5.41, 5.74) is 8.50. The summed E-state index contributed by atoms with van der Waals surface area (Å²) in [4.78, 5) is 26.8. The zero-order valence-electron chi connectivity index (χ0n) is 15.3. The largest absolute Gasteiger partial charge is 0.338 e. The molecule has 1 heterocycles. The van der Waals surface area contributed by atoms with Gasteiger partial charge < -0.3 is 21.3 Å². The van der Waals surface area contributed by atoms with E-state index in [1.165, 1.54) is 0 Å². The number of hydrogen-bond donors (Lipinski definition) is 3. The van der Waals surface area contributed by atoms with Gasteiger partial charge in [-0.05, 0) is 55.6 Å². The average Bonchev–Trinajstić information content (AvgIpc) is 3.13. The number of anilines is 2. The summed E-state index contributed by atoms with van der Waals surface area (Å²) < 4.78 is 0. The second-order valence-corrected chi connectivity index (χ2v) is 6.62. The number of halogens is 1. The first-order valence-electron chi connectivity index (χ1n) is 8.80. The van der Waals surface area contributed by atoms with Crippen molar-refractivity contribution in [1.82, 2.24) is 4.90 Å². The molecule has 7 heteroatoms. The van der Waals surface area contributed by atoms with Crippen LogP contribution in [0, 0.1) is 12.8 Å². The molecule has 3 rings (SSSR count). The SMILES string of the molecule is Cc1ccc(C(=O)N2CCC(CN)C2)cc1NC(=O)Nc1ccccc1.Cl. The molecule has 0 radical (unpaired) electrons. The van der Waals surface area contributed by atoms with Crippen LogP contribution >= 0.6 is 12.4 Å². The average molecular weight is 389 g/mol. The van der Waals surface area contributed by atoms with E-state index in [2.05, 4.69) is 10.6 Å². The molecule has 2 aromatic carbocycles. The fourth-order valence-corrected chi connectivity index (χ4v) is 3.09. The highest BCUT2D eigenvalue weighted by atomic mass is 35.5. The molecule has 0 spiro atoms.